The van der Waals surface area contributed by atoms with Crippen LogP contribution in [0.1, 0.15) is 22.7 Å². The van der Waals surface area contributed by atoms with Gasteiger partial charge in [0.05, 0.1) is 35.9 Å². The number of rotatable bonds is 4. The highest BCUT2D eigenvalue weighted by Gasteiger charge is 2.35. The third kappa shape index (κ3) is 3.37. The molecule has 1 atom stereocenters. The number of anilines is 1. The fraction of sp³-hybridized carbons (Fsp3) is 0.125. The van der Waals surface area contributed by atoms with Crippen molar-refractivity contribution in [3.05, 3.63) is 77.6 Å². The van der Waals surface area contributed by atoms with Gasteiger partial charge in [0.25, 0.3) is 0 Å². The molecule has 4 nitrogen and oxygen atoms in total. The molecule has 0 saturated carbocycles. The predicted molar refractivity (Wildman–Crippen MR) is 79.7 cm³/mol. The molecule has 2 heterocycles. The van der Waals surface area contributed by atoms with E-state index in [2.05, 4.69) is 20.5 Å². The van der Waals surface area contributed by atoms with Crippen LogP contribution in [-0.2, 0) is 6.18 Å². The summed E-state index contributed by atoms with van der Waals surface area (Å²) in [5.74, 6) is -0.588. The van der Waals surface area contributed by atoms with E-state index in [9.17, 15) is 17.6 Å². The molecule has 1 aromatic carbocycles. The van der Waals surface area contributed by atoms with E-state index >= 15 is 0 Å². The van der Waals surface area contributed by atoms with Gasteiger partial charge in [-0.15, -0.1) is 0 Å². The zero-order valence-electron chi connectivity index (χ0n) is 12.2. The lowest BCUT2D eigenvalue weighted by atomic mass is 9.95. The van der Waals surface area contributed by atoms with E-state index < -0.39 is 23.6 Å². The quantitative estimate of drug-likeness (QED) is 0.703. The standard InChI is InChI=1S/C16H12F4N4/c17-11-5-12(9-21-8-11)24-15(10-6-22-23-7-10)13-3-1-2-4-14(13)16(18,19)20/h1-9,15,24H,(H,22,23). The van der Waals surface area contributed by atoms with Crippen LogP contribution in [-0.4, -0.2) is 15.2 Å². The molecule has 124 valence electrons. The lowest BCUT2D eigenvalue weighted by Crippen LogP contribution is -2.18. The van der Waals surface area contributed by atoms with Crippen molar-refractivity contribution in [3.63, 3.8) is 0 Å². The van der Waals surface area contributed by atoms with Gasteiger partial charge >= 0.3 is 6.18 Å². The molecule has 0 radical (unpaired) electrons. The second-order valence-electron chi connectivity index (χ2n) is 5.09. The molecule has 0 aliphatic carbocycles. The number of H-pyrrole nitrogens is 1. The molecule has 0 fully saturated rings. The Hall–Kier alpha value is -2.90. The van der Waals surface area contributed by atoms with Gasteiger partial charge in [-0.1, -0.05) is 18.2 Å². The first-order chi connectivity index (χ1) is 11.4. The topological polar surface area (TPSA) is 53.6 Å². The highest BCUT2D eigenvalue weighted by atomic mass is 19.4. The molecule has 0 saturated heterocycles. The zero-order chi connectivity index (χ0) is 17.2. The van der Waals surface area contributed by atoms with Crippen LogP contribution in [0.4, 0.5) is 23.2 Å². The molecule has 8 heteroatoms. The highest BCUT2D eigenvalue weighted by molar-refractivity contribution is 5.49. The van der Waals surface area contributed by atoms with Gasteiger partial charge in [-0.05, 0) is 11.6 Å². The number of pyridine rings is 1. The molecule has 0 spiro atoms. The van der Waals surface area contributed by atoms with Gasteiger partial charge in [-0.3, -0.25) is 10.1 Å². The molecule has 3 aromatic rings. The maximum atomic E-state index is 13.3. The Balaban J connectivity index is 2.07. The molecule has 2 N–H and O–H groups in total. The Bertz CT molecular complexity index is 815. The Morgan fingerprint density at radius 1 is 1.08 bits per heavy atom. The highest BCUT2D eigenvalue weighted by Crippen LogP contribution is 2.37. The first kappa shape index (κ1) is 16.0. The van der Waals surface area contributed by atoms with Crippen LogP contribution in [0.3, 0.4) is 0 Å². The molecule has 0 aliphatic heterocycles. The molecular weight excluding hydrogens is 324 g/mol. The van der Waals surface area contributed by atoms with E-state index in [4.69, 9.17) is 0 Å². The summed E-state index contributed by atoms with van der Waals surface area (Å²) in [6, 6.07) is 5.51. The summed E-state index contributed by atoms with van der Waals surface area (Å²) in [6.45, 7) is 0. The molecule has 3 rings (SSSR count). The van der Waals surface area contributed by atoms with Crippen molar-refractivity contribution in [2.75, 3.05) is 5.32 Å². The van der Waals surface area contributed by atoms with Crippen molar-refractivity contribution in [2.45, 2.75) is 12.2 Å². The number of aromatic nitrogens is 3. The predicted octanol–water partition coefficient (Wildman–Crippen LogP) is 4.16. The van der Waals surface area contributed by atoms with Gasteiger partial charge < -0.3 is 5.32 Å². The summed E-state index contributed by atoms with van der Waals surface area (Å²) >= 11 is 0. The number of nitrogens with zero attached hydrogens (tertiary/aromatic N) is 2. The zero-order valence-corrected chi connectivity index (χ0v) is 12.2. The smallest absolute Gasteiger partial charge is 0.373 e. The van der Waals surface area contributed by atoms with Gasteiger partial charge in [0.2, 0.25) is 0 Å². The van der Waals surface area contributed by atoms with Crippen LogP contribution in [0.2, 0.25) is 0 Å². The number of aromatic amines is 1. The second kappa shape index (κ2) is 6.31. The van der Waals surface area contributed by atoms with E-state index in [-0.39, 0.29) is 11.3 Å². The van der Waals surface area contributed by atoms with Crippen molar-refractivity contribution in [3.8, 4) is 0 Å². The van der Waals surface area contributed by atoms with E-state index in [0.717, 1.165) is 18.3 Å². The fourth-order valence-corrected chi connectivity index (χ4v) is 2.42. The minimum Gasteiger partial charge on any atom is -0.373 e. The molecular formula is C16H12F4N4. The number of hydrogen-bond acceptors (Lipinski definition) is 3. The van der Waals surface area contributed by atoms with E-state index in [1.165, 1.54) is 36.8 Å². The van der Waals surface area contributed by atoms with Crippen LogP contribution >= 0.6 is 0 Å². The number of hydrogen-bond donors (Lipinski definition) is 2. The van der Waals surface area contributed by atoms with Crippen molar-refractivity contribution >= 4 is 5.69 Å². The second-order valence-corrected chi connectivity index (χ2v) is 5.09. The third-order valence-corrected chi connectivity index (χ3v) is 3.45. The Kier molecular flexibility index (Phi) is 4.20. The van der Waals surface area contributed by atoms with E-state index in [0.29, 0.717) is 5.56 Å². The summed E-state index contributed by atoms with van der Waals surface area (Å²) in [6.07, 6.45) is 0.740. The Morgan fingerprint density at radius 2 is 1.88 bits per heavy atom. The monoisotopic (exact) mass is 336 g/mol. The van der Waals surface area contributed by atoms with Crippen LogP contribution in [0, 0.1) is 5.82 Å². The number of alkyl halides is 3. The normalized spacial score (nSPS) is 12.8. The first-order valence-electron chi connectivity index (χ1n) is 6.97. The molecule has 24 heavy (non-hydrogen) atoms. The molecule has 2 aromatic heterocycles. The average molecular weight is 336 g/mol. The maximum Gasteiger partial charge on any atom is 0.416 e. The first-order valence-corrected chi connectivity index (χ1v) is 6.97. The van der Waals surface area contributed by atoms with Crippen molar-refractivity contribution < 1.29 is 17.6 Å². The molecule has 1 unspecified atom stereocenters. The number of halogens is 4. The van der Waals surface area contributed by atoms with Gasteiger partial charge in [0, 0.05) is 17.8 Å². The van der Waals surface area contributed by atoms with Gasteiger partial charge in [-0.25, -0.2) is 4.39 Å². The van der Waals surface area contributed by atoms with Crippen LogP contribution < -0.4 is 5.32 Å². The van der Waals surface area contributed by atoms with Crippen molar-refractivity contribution in [1.29, 1.82) is 0 Å². The molecule has 0 amide bonds. The summed E-state index contributed by atoms with van der Waals surface area (Å²) in [4.78, 5) is 3.70. The van der Waals surface area contributed by atoms with E-state index in [1.54, 1.807) is 0 Å². The number of benzene rings is 1. The van der Waals surface area contributed by atoms with Gasteiger partial charge in [-0.2, -0.15) is 18.3 Å². The lowest BCUT2D eigenvalue weighted by molar-refractivity contribution is -0.138. The third-order valence-electron chi connectivity index (χ3n) is 3.45. The largest absolute Gasteiger partial charge is 0.416 e. The van der Waals surface area contributed by atoms with Crippen molar-refractivity contribution in [1.82, 2.24) is 15.2 Å². The SMILES string of the molecule is Fc1cncc(NC(c2cn[nH]c2)c2ccccc2C(F)(F)F)c1. The average Bonchev–Trinajstić information content (AvgIpc) is 3.06. The Labute approximate surface area is 134 Å². The fourth-order valence-electron chi connectivity index (χ4n) is 2.42. The maximum absolute atomic E-state index is 13.3. The summed E-state index contributed by atoms with van der Waals surface area (Å²) in [7, 11) is 0. The lowest BCUT2D eigenvalue weighted by Gasteiger charge is -2.23. The van der Waals surface area contributed by atoms with Crippen LogP contribution in [0.5, 0.6) is 0 Å². The molecule has 0 bridgehead atoms. The van der Waals surface area contributed by atoms with Gasteiger partial charge in [0.1, 0.15) is 5.82 Å². The van der Waals surface area contributed by atoms with E-state index in [1.807, 2.05) is 0 Å². The molecule has 0 aliphatic rings. The number of nitrogens with one attached hydrogen (secondary N) is 2. The van der Waals surface area contributed by atoms with Crippen LogP contribution in [0.25, 0.3) is 0 Å². The summed E-state index contributed by atoms with van der Waals surface area (Å²) < 4.78 is 53.3. The minimum atomic E-state index is -4.51. The summed E-state index contributed by atoms with van der Waals surface area (Å²) in [5, 5.41) is 9.25. The summed E-state index contributed by atoms with van der Waals surface area (Å²) in [5.41, 5.74) is -0.0159. The van der Waals surface area contributed by atoms with Crippen LogP contribution in [0.15, 0.2) is 55.1 Å². The van der Waals surface area contributed by atoms with Crippen molar-refractivity contribution in [2.24, 2.45) is 0 Å². The minimum absolute atomic E-state index is 0.00987. The Morgan fingerprint density at radius 3 is 2.54 bits per heavy atom. The van der Waals surface area contributed by atoms with Gasteiger partial charge in [0.15, 0.2) is 0 Å².